The van der Waals surface area contributed by atoms with Crippen molar-refractivity contribution >= 4 is 34.3 Å². The van der Waals surface area contributed by atoms with Crippen molar-refractivity contribution in [3.8, 4) is 11.1 Å². The molecule has 1 N–H and O–H groups in total. The van der Waals surface area contributed by atoms with Gasteiger partial charge in [-0.15, -0.1) is 0 Å². The number of Topliss-reactive ketones (excluding diaryl/α,β-unsaturated/α-hetero) is 1. The van der Waals surface area contributed by atoms with Crippen LogP contribution in [0, 0.1) is 26.7 Å². The van der Waals surface area contributed by atoms with Gasteiger partial charge in [-0.05, 0) is 62.4 Å². The molecule has 0 aliphatic carbocycles. The third kappa shape index (κ3) is 5.27. The van der Waals surface area contributed by atoms with Crippen LogP contribution in [-0.4, -0.2) is 59.8 Å². The summed E-state index contributed by atoms with van der Waals surface area (Å²) in [4.78, 5) is 53.9. The molecule has 4 heterocycles. The Balaban J connectivity index is 1.41. The van der Waals surface area contributed by atoms with Crippen molar-refractivity contribution in [2.75, 3.05) is 11.9 Å². The molecule has 0 radical (unpaired) electrons. The molecule has 1 aliphatic heterocycles. The number of nitrogens with one attached hydrogen (secondary N) is 1. The first-order valence-electron chi connectivity index (χ1n) is 13.0. The standard InChI is InChI=1S/C29H31N7O3/c1-16-10-25(29(39)33-28-17(2)6-7-18(3)32-28)35(14-16)26(38)15-36-24-9-8-21(22-12-30-20(5)31-13-22)11-23(24)27(34-36)19(4)37/h6-9,11-13,16,25H,10,14-15H2,1-5H3,(H,32,33,39)/t16-,25-/m0/s1. The van der Waals surface area contributed by atoms with Crippen LogP contribution in [0.15, 0.2) is 42.7 Å². The van der Waals surface area contributed by atoms with Crippen LogP contribution in [0.3, 0.4) is 0 Å². The molecule has 0 spiro atoms. The Hall–Kier alpha value is -4.47. The molecule has 1 fully saturated rings. The van der Waals surface area contributed by atoms with Crippen molar-refractivity contribution in [1.82, 2.24) is 29.6 Å². The molecule has 200 valence electrons. The zero-order valence-corrected chi connectivity index (χ0v) is 22.7. The number of benzene rings is 1. The third-order valence-corrected chi connectivity index (χ3v) is 7.09. The summed E-state index contributed by atoms with van der Waals surface area (Å²) >= 11 is 0. The molecule has 2 atom stereocenters. The number of ketones is 1. The Bertz CT molecular complexity index is 1590. The first kappa shape index (κ1) is 26.1. The van der Waals surface area contributed by atoms with Crippen molar-refractivity contribution < 1.29 is 14.4 Å². The molecular formula is C29H31N7O3. The van der Waals surface area contributed by atoms with E-state index < -0.39 is 6.04 Å². The first-order chi connectivity index (χ1) is 18.6. The molecule has 2 amide bonds. The lowest BCUT2D eigenvalue weighted by Crippen LogP contribution is -2.44. The van der Waals surface area contributed by atoms with Crippen molar-refractivity contribution in [2.45, 2.75) is 53.6 Å². The number of aromatic nitrogens is 5. The van der Waals surface area contributed by atoms with Crippen LogP contribution < -0.4 is 5.32 Å². The first-order valence-corrected chi connectivity index (χ1v) is 13.0. The molecule has 10 heteroatoms. The summed E-state index contributed by atoms with van der Waals surface area (Å²) in [7, 11) is 0. The number of likely N-dealkylation sites (tertiary alicyclic amines) is 1. The molecule has 5 rings (SSSR count). The van der Waals surface area contributed by atoms with Gasteiger partial charge in [0.05, 0.1) is 5.52 Å². The molecule has 10 nitrogen and oxygen atoms in total. The van der Waals surface area contributed by atoms with Crippen LogP contribution in [0.2, 0.25) is 0 Å². The average molecular weight is 526 g/mol. The Labute approximate surface area is 226 Å². The van der Waals surface area contributed by atoms with Gasteiger partial charge in [0.2, 0.25) is 11.8 Å². The summed E-state index contributed by atoms with van der Waals surface area (Å²) in [6, 6.07) is 8.80. The van der Waals surface area contributed by atoms with E-state index in [0.717, 1.165) is 22.4 Å². The third-order valence-electron chi connectivity index (χ3n) is 7.09. The van der Waals surface area contributed by atoms with E-state index in [-0.39, 0.29) is 35.8 Å². The summed E-state index contributed by atoms with van der Waals surface area (Å²) in [6.45, 7) is 9.43. The number of hydrogen-bond donors (Lipinski definition) is 1. The molecule has 1 aliphatic rings. The quantitative estimate of drug-likeness (QED) is 0.379. The Kier molecular flexibility index (Phi) is 6.94. The minimum atomic E-state index is -0.614. The maximum atomic E-state index is 13.6. The van der Waals surface area contributed by atoms with Gasteiger partial charge < -0.3 is 10.2 Å². The number of anilines is 1. The second kappa shape index (κ2) is 10.4. The van der Waals surface area contributed by atoms with E-state index in [2.05, 4.69) is 25.4 Å². The molecule has 1 saturated heterocycles. The van der Waals surface area contributed by atoms with Crippen LogP contribution in [0.1, 0.15) is 47.8 Å². The van der Waals surface area contributed by atoms with Gasteiger partial charge in [-0.2, -0.15) is 5.10 Å². The smallest absolute Gasteiger partial charge is 0.248 e. The van der Waals surface area contributed by atoms with E-state index in [4.69, 9.17) is 0 Å². The Morgan fingerprint density at radius 2 is 1.77 bits per heavy atom. The van der Waals surface area contributed by atoms with Gasteiger partial charge in [0.25, 0.3) is 0 Å². The van der Waals surface area contributed by atoms with Crippen molar-refractivity contribution in [2.24, 2.45) is 5.92 Å². The van der Waals surface area contributed by atoms with E-state index in [1.165, 1.54) is 6.92 Å². The number of fused-ring (bicyclic) bond motifs is 1. The predicted octanol–water partition coefficient (Wildman–Crippen LogP) is 3.89. The lowest BCUT2D eigenvalue weighted by atomic mass is 10.0. The highest BCUT2D eigenvalue weighted by molar-refractivity contribution is 6.06. The number of rotatable bonds is 6. The average Bonchev–Trinajstić information content (AvgIpc) is 3.47. The Morgan fingerprint density at radius 3 is 2.49 bits per heavy atom. The van der Waals surface area contributed by atoms with E-state index in [1.807, 2.05) is 58.0 Å². The topological polar surface area (TPSA) is 123 Å². The van der Waals surface area contributed by atoms with Crippen molar-refractivity contribution in [1.29, 1.82) is 0 Å². The van der Waals surface area contributed by atoms with Gasteiger partial charge in [-0.3, -0.25) is 19.1 Å². The molecule has 0 saturated carbocycles. The highest BCUT2D eigenvalue weighted by Gasteiger charge is 2.38. The van der Waals surface area contributed by atoms with Gasteiger partial charge in [0, 0.05) is 42.5 Å². The highest BCUT2D eigenvalue weighted by Crippen LogP contribution is 2.28. The van der Waals surface area contributed by atoms with E-state index >= 15 is 0 Å². The zero-order valence-electron chi connectivity index (χ0n) is 22.7. The van der Waals surface area contributed by atoms with Crippen LogP contribution >= 0.6 is 0 Å². The number of nitrogens with zero attached hydrogens (tertiary/aromatic N) is 6. The van der Waals surface area contributed by atoms with Crippen LogP contribution in [0.5, 0.6) is 0 Å². The van der Waals surface area contributed by atoms with Gasteiger partial charge in [-0.1, -0.05) is 19.1 Å². The van der Waals surface area contributed by atoms with E-state index in [1.54, 1.807) is 22.0 Å². The molecule has 3 aromatic heterocycles. The fourth-order valence-electron chi connectivity index (χ4n) is 5.02. The maximum absolute atomic E-state index is 13.6. The summed E-state index contributed by atoms with van der Waals surface area (Å²) in [6.07, 6.45) is 4.03. The number of carbonyl (C=O) groups excluding carboxylic acids is 3. The van der Waals surface area contributed by atoms with Crippen LogP contribution in [-0.2, 0) is 16.1 Å². The summed E-state index contributed by atoms with van der Waals surface area (Å²) in [5.41, 5.74) is 4.28. The lowest BCUT2D eigenvalue weighted by molar-refractivity contribution is -0.137. The number of pyridine rings is 1. The molecule has 39 heavy (non-hydrogen) atoms. The number of amides is 2. The molecule has 1 aromatic carbocycles. The minimum Gasteiger partial charge on any atom is -0.329 e. The van der Waals surface area contributed by atoms with Crippen LogP contribution in [0.4, 0.5) is 5.82 Å². The monoisotopic (exact) mass is 525 g/mol. The molecule has 0 unspecified atom stereocenters. The van der Waals surface area contributed by atoms with Gasteiger partial charge in [0.1, 0.15) is 29.9 Å². The van der Waals surface area contributed by atoms with Crippen molar-refractivity contribution in [3.63, 3.8) is 0 Å². The van der Waals surface area contributed by atoms with Gasteiger partial charge in [0.15, 0.2) is 5.78 Å². The van der Waals surface area contributed by atoms with Crippen LogP contribution in [0.25, 0.3) is 22.0 Å². The normalized spacial score (nSPS) is 17.0. The number of carbonyl (C=O) groups is 3. The van der Waals surface area contributed by atoms with Crippen molar-refractivity contribution in [3.05, 3.63) is 65.5 Å². The number of aryl methyl sites for hydroxylation is 3. The highest BCUT2D eigenvalue weighted by atomic mass is 16.2. The van der Waals surface area contributed by atoms with E-state index in [0.29, 0.717) is 35.5 Å². The predicted molar refractivity (Wildman–Crippen MR) is 147 cm³/mol. The second-order valence-corrected chi connectivity index (χ2v) is 10.3. The Morgan fingerprint density at radius 1 is 1.03 bits per heavy atom. The molecule has 0 bridgehead atoms. The fourth-order valence-corrected chi connectivity index (χ4v) is 5.02. The summed E-state index contributed by atoms with van der Waals surface area (Å²) in [5, 5.41) is 8.07. The number of hydrogen-bond acceptors (Lipinski definition) is 7. The zero-order chi connectivity index (χ0) is 27.8. The van der Waals surface area contributed by atoms with E-state index in [9.17, 15) is 14.4 Å². The van der Waals surface area contributed by atoms with Gasteiger partial charge in [-0.25, -0.2) is 15.0 Å². The minimum absolute atomic E-state index is 0.0883. The molecule has 4 aromatic rings. The fraction of sp³-hybridized carbons (Fsp3) is 0.345. The van der Waals surface area contributed by atoms with Gasteiger partial charge >= 0.3 is 0 Å². The molecular weight excluding hydrogens is 494 g/mol. The maximum Gasteiger partial charge on any atom is 0.248 e. The second-order valence-electron chi connectivity index (χ2n) is 10.3. The SMILES string of the molecule is CC(=O)c1nn(CC(=O)N2C[C@@H](C)C[C@H]2C(=O)Nc2nc(C)ccc2C)c2ccc(-c3cnc(C)nc3)cc12. The summed E-state index contributed by atoms with van der Waals surface area (Å²) in [5.74, 6) is 0.654. The summed E-state index contributed by atoms with van der Waals surface area (Å²) < 4.78 is 1.55. The largest absolute Gasteiger partial charge is 0.329 e. The lowest BCUT2D eigenvalue weighted by Gasteiger charge is -2.24.